The van der Waals surface area contributed by atoms with Crippen molar-refractivity contribution < 1.29 is 9.47 Å². The molecule has 106 valence electrons. The van der Waals surface area contributed by atoms with Gasteiger partial charge in [0.05, 0.1) is 24.6 Å². The standard InChI is InChI=1S/C14H16ClN3O2/c15-12-7-13(18-9-16)17-8-11(12)10-1-3-14(4-2-10)19-5-6-20-14/h1,7-9H,2-6H2,(H2,16,17,18). The molecular formula is C14H16ClN3O2. The third-order valence-electron chi connectivity index (χ3n) is 3.64. The lowest BCUT2D eigenvalue weighted by atomic mass is 9.90. The third-order valence-corrected chi connectivity index (χ3v) is 3.95. The third kappa shape index (κ3) is 2.57. The molecule has 0 atom stereocenters. The first-order chi connectivity index (χ1) is 9.72. The molecule has 20 heavy (non-hydrogen) atoms. The van der Waals surface area contributed by atoms with Crippen LogP contribution in [0.2, 0.25) is 5.02 Å². The first kappa shape index (κ1) is 13.5. The van der Waals surface area contributed by atoms with E-state index in [4.69, 9.17) is 26.8 Å². The molecule has 1 saturated heterocycles. The van der Waals surface area contributed by atoms with Crippen molar-refractivity contribution in [3.8, 4) is 0 Å². The Morgan fingerprint density at radius 1 is 1.40 bits per heavy atom. The van der Waals surface area contributed by atoms with Crippen LogP contribution in [-0.4, -0.2) is 30.3 Å². The molecule has 2 heterocycles. The summed E-state index contributed by atoms with van der Waals surface area (Å²) in [6, 6.07) is 1.72. The van der Waals surface area contributed by atoms with E-state index < -0.39 is 5.79 Å². The van der Waals surface area contributed by atoms with Gasteiger partial charge in [-0.3, -0.25) is 0 Å². The minimum absolute atomic E-state index is 0.410. The van der Waals surface area contributed by atoms with E-state index in [9.17, 15) is 0 Å². The van der Waals surface area contributed by atoms with Crippen LogP contribution in [0.15, 0.2) is 23.3 Å². The van der Waals surface area contributed by atoms with Gasteiger partial charge in [-0.1, -0.05) is 17.7 Å². The number of aromatic nitrogens is 1. The van der Waals surface area contributed by atoms with E-state index in [1.165, 1.54) is 11.9 Å². The van der Waals surface area contributed by atoms with Gasteiger partial charge in [-0.2, -0.15) is 0 Å². The van der Waals surface area contributed by atoms with Gasteiger partial charge in [0.1, 0.15) is 0 Å². The van der Waals surface area contributed by atoms with Crippen LogP contribution in [0.5, 0.6) is 0 Å². The summed E-state index contributed by atoms with van der Waals surface area (Å²) < 4.78 is 11.4. The van der Waals surface area contributed by atoms with E-state index in [-0.39, 0.29) is 0 Å². The summed E-state index contributed by atoms with van der Waals surface area (Å²) in [5.74, 6) is 0.101. The van der Waals surface area contributed by atoms with Gasteiger partial charge in [-0.25, -0.2) is 9.98 Å². The maximum atomic E-state index is 6.29. The highest BCUT2D eigenvalue weighted by atomic mass is 35.5. The molecule has 1 aromatic heterocycles. The number of rotatable bonds is 2. The minimum atomic E-state index is -0.410. The minimum Gasteiger partial charge on any atom is -0.390 e. The second-order valence-electron chi connectivity index (χ2n) is 4.84. The Balaban J connectivity index is 1.82. The van der Waals surface area contributed by atoms with E-state index in [0.717, 1.165) is 24.8 Å². The number of hydrogen-bond acceptors (Lipinski definition) is 4. The van der Waals surface area contributed by atoms with Crippen LogP contribution in [0.4, 0.5) is 5.82 Å². The van der Waals surface area contributed by atoms with Gasteiger partial charge in [0.25, 0.3) is 0 Å². The van der Waals surface area contributed by atoms with Crippen molar-refractivity contribution in [2.75, 3.05) is 13.2 Å². The Hall–Kier alpha value is -1.43. The molecule has 3 rings (SSSR count). The monoisotopic (exact) mass is 293 g/mol. The number of nitrogens with two attached hydrogens (primary N) is 1. The molecule has 1 aliphatic heterocycles. The van der Waals surface area contributed by atoms with Crippen LogP contribution in [0.25, 0.3) is 5.57 Å². The normalized spacial score (nSPS) is 21.6. The molecule has 0 saturated carbocycles. The largest absolute Gasteiger partial charge is 0.390 e. The van der Waals surface area contributed by atoms with Crippen LogP contribution >= 0.6 is 11.6 Å². The first-order valence-electron chi connectivity index (χ1n) is 6.60. The molecule has 0 unspecified atom stereocenters. The molecule has 5 nitrogen and oxygen atoms in total. The van der Waals surface area contributed by atoms with Crippen molar-refractivity contribution in [1.82, 2.24) is 4.98 Å². The van der Waals surface area contributed by atoms with Gasteiger partial charge < -0.3 is 15.2 Å². The predicted octanol–water partition coefficient (Wildman–Crippen LogP) is 2.66. The average Bonchev–Trinajstić information content (AvgIpc) is 2.89. The number of hydrogen-bond donors (Lipinski definition) is 1. The molecular weight excluding hydrogens is 278 g/mol. The smallest absolute Gasteiger partial charge is 0.172 e. The Morgan fingerprint density at radius 2 is 2.20 bits per heavy atom. The zero-order valence-electron chi connectivity index (χ0n) is 11.0. The van der Waals surface area contributed by atoms with E-state index in [1.807, 2.05) is 0 Å². The van der Waals surface area contributed by atoms with E-state index in [0.29, 0.717) is 24.1 Å². The van der Waals surface area contributed by atoms with E-state index in [2.05, 4.69) is 16.1 Å². The number of halogens is 1. The number of nitrogens with zero attached hydrogens (tertiary/aromatic N) is 2. The molecule has 0 amide bonds. The van der Waals surface area contributed by atoms with Gasteiger partial charge in [0.2, 0.25) is 0 Å². The maximum Gasteiger partial charge on any atom is 0.172 e. The molecule has 2 N–H and O–H groups in total. The Bertz CT molecular complexity index is 566. The van der Waals surface area contributed by atoms with Crippen molar-refractivity contribution in [2.24, 2.45) is 10.7 Å². The predicted molar refractivity (Wildman–Crippen MR) is 78.0 cm³/mol. The highest BCUT2D eigenvalue weighted by molar-refractivity contribution is 6.32. The summed E-state index contributed by atoms with van der Waals surface area (Å²) >= 11 is 6.29. The van der Waals surface area contributed by atoms with Crippen molar-refractivity contribution in [2.45, 2.75) is 25.0 Å². The second kappa shape index (κ2) is 5.52. The average molecular weight is 294 g/mol. The SMILES string of the molecule is NC=Nc1cc(Cl)c(C2=CCC3(CC2)OCCO3)cn1. The fraction of sp³-hybridized carbons (Fsp3) is 0.429. The summed E-state index contributed by atoms with van der Waals surface area (Å²) in [6.45, 7) is 1.36. The van der Waals surface area contributed by atoms with Gasteiger partial charge in [-0.05, 0) is 12.0 Å². The zero-order valence-corrected chi connectivity index (χ0v) is 11.8. The maximum absolute atomic E-state index is 6.29. The van der Waals surface area contributed by atoms with Gasteiger partial charge in [0.15, 0.2) is 11.6 Å². The van der Waals surface area contributed by atoms with Gasteiger partial charge >= 0.3 is 0 Å². The lowest BCUT2D eigenvalue weighted by Gasteiger charge is -2.30. The molecule has 0 radical (unpaired) electrons. The molecule has 1 aliphatic carbocycles. The van der Waals surface area contributed by atoms with Crippen LogP contribution in [-0.2, 0) is 9.47 Å². The summed E-state index contributed by atoms with van der Waals surface area (Å²) in [5, 5.41) is 0.635. The van der Waals surface area contributed by atoms with Crippen molar-refractivity contribution in [3.63, 3.8) is 0 Å². The Labute approximate surface area is 122 Å². The van der Waals surface area contributed by atoms with Crippen molar-refractivity contribution >= 4 is 29.3 Å². The zero-order chi connectivity index (χ0) is 14.0. The molecule has 1 aromatic rings. The Morgan fingerprint density at radius 3 is 2.80 bits per heavy atom. The quantitative estimate of drug-likeness (QED) is 0.672. The lowest BCUT2D eigenvalue weighted by Crippen LogP contribution is -2.31. The van der Waals surface area contributed by atoms with Crippen LogP contribution in [0, 0.1) is 0 Å². The van der Waals surface area contributed by atoms with Crippen molar-refractivity contribution in [1.29, 1.82) is 0 Å². The summed E-state index contributed by atoms with van der Waals surface area (Å²) in [6.07, 6.45) is 7.53. The fourth-order valence-corrected chi connectivity index (χ4v) is 2.88. The summed E-state index contributed by atoms with van der Waals surface area (Å²) in [5.41, 5.74) is 7.36. The van der Waals surface area contributed by atoms with Crippen LogP contribution < -0.4 is 5.73 Å². The highest BCUT2D eigenvalue weighted by Gasteiger charge is 2.37. The van der Waals surface area contributed by atoms with E-state index >= 15 is 0 Å². The Kier molecular flexibility index (Phi) is 3.74. The highest BCUT2D eigenvalue weighted by Crippen LogP contribution is 2.39. The summed E-state index contributed by atoms with van der Waals surface area (Å²) in [7, 11) is 0. The first-order valence-corrected chi connectivity index (χ1v) is 6.97. The molecule has 1 spiro atoms. The topological polar surface area (TPSA) is 69.7 Å². The number of aliphatic imine (C=N–C) groups is 1. The summed E-state index contributed by atoms with van der Waals surface area (Å²) in [4.78, 5) is 8.14. The van der Waals surface area contributed by atoms with Crippen molar-refractivity contribution in [3.05, 3.63) is 28.9 Å². The number of ether oxygens (including phenoxy) is 2. The fourth-order valence-electron chi connectivity index (χ4n) is 2.62. The van der Waals surface area contributed by atoms with E-state index in [1.54, 1.807) is 12.3 Å². The van der Waals surface area contributed by atoms with Gasteiger partial charge in [-0.15, -0.1) is 0 Å². The number of allylic oxidation sites excluding steroid dienone is 1. The second-order valence-corrected chi connectivity index (χ2v) is 5.25. The van der Waals surface area contributed by atoms with Gasteiger partial charge in [0, 0.05) is 30.7 Å². The molecule has 6 heteroatoms. The van der Waals surface area contributed by atoms with Crippen LogP contribution in [0.1, 0.15) is 24.8 Å². The lowest BCUT2D eigenvalue weighted by molar-refractivity contribution is -0.159. The molecule has 2 aliphatic rings. The molecule has 0 bridgehead atoms. The molecule has 1 fully saturated rings. The van der Waals surface area contributed by atoms with Crippen LogP contribution in [0.3, 0.4) is 0 Å². The number of pyridine rings is 1. The molecule has 0 aromatic carbocycles.